The molecular formula is C85H166N2O20P2-2. The van der Waals surface area contributed by atoms with Crippen LogP contribution in [0, 0.1) is 0 Å². The van der Waals surface area contributed by atoms with Crippen LogP contribution in [-0.4, -0.2) is 137 Å². The first-order valence-electron chi connectivity index (χ1n) is 44.9. The number of carbonyl (C=O) groups is 4. The standard InChI is InChI=1S/C85H168N2O20P2/c1-7-13-19-25-29-33-35-39-43-49-55-61-84(92)106-78(72-98-67-63-76(57-51-45-23-17-11-5)104-82(90)59-53-47-41-37-31-27-21-15-9-3)74-102-108(94,95)100-69-65-86-80(88)71-81(89)87-66-70-101-109(96,97)103-75-79(107-85(93)62-56-50-44-40-36-34-30-26-20-14-8-2)73-99-68-64-77(58-52-46-24-18-12-6)105-83(91)60-54-48-42-38-32-28-22-16-10-4/h76-79,84-85,92-93H,7-75H2,1-6H3,(H,86,88)(H,87,89)(H,94,95)(H,96,97)/p-2. The molecule has 2 amide bonds. The van der Waals surface area contributed by atoms with E-state index in [0.29, 0.717) is 64.2 Å². The van der Waals surface area contributed by atoms with E-state index in [1.807, 2.05) is 0 Å². The van der Waals surface area contributed by atoms with Gasteiger partial charge in [0.1, 0.15) is 30.8 Å². The molecule has 0 aliphatic heterocycles. The summed E-state index contributed by atoms with van der Waals surface area (Å²) in [6.07, 6.45) is 54.3. The van der Waals surface area contributed by atoms with E-state index in [2.05, 4.69) is 52.2 Å². The van der Waals surface area contributed by atoms with E-state index in [9.17, 15) is 48.3 Å². The van der Waals surface area contributed by atoms with E-state index in [1.165, 1.54) is 167 Å². The molecule has 0 aliphatic rings. The Balaban J connectivity index is 5.51. The number of hydrogen-bond donors (Lipinski definition) is 4. The molecular weight excluding hydrogens is 1430 g/mol. The molecule has 4 N–H and O–H groups in total. The summed E-state index contributed by atoms with van der Waals surface area (Å²) >= 11 is 0. The van der Waals surface area contributed by atoms with Crippen LogP contribution >= 0.6 is 15.6 Å². The predicted octanol–water partition coefficient (Wildman–Crippen LogP) is 20.6. The number of rotatable bonds is 88. The first kappa shape index (κ1) is 107. The van der Waals surface area contributed by atoms with Gasteiger partial charge in [0, 0.05) is 38.8 Å². The number of phosphoric ester groups is 2. The van der Waals surface area contributed by atoms with Gasteiger partial charge < -0.3 is 77.1 Å². The summed E-state index contributed by atoms with van der Waals surface area (Å²) < 4.78 is 82.5. The summed E-state index contributed by atoms with van der Waals surface area (Å²) in [5, 5.41) is 26.8. The van der Waals surface area contributed by atoms with Crippen LogP contribution in [-0.2, 0) is 74.8 Å². The Kier molecular flexibility index (Phi) is 78.1. The van der Waals surface area contributed by atoms with Crippen LogP contribution in [0.4, 0.5) is 0 Å². The predicted molar refractivity (Wildman–Crippen MR) is 435 cm³/mol. The second-order valence-corrected chi connectivity index (χ2v) is 33.4. The fourth-order valence-electron chi connectivity index (χ4n) is 13.2. The number of amides is 2. The molecule has 0 saturated carbocycles. The van der Waals surface area contributed by atoms with Crippen LogP contribution < -0.4 is 20.4 Å². The van der Waals surface area contributed by atoms with Crippen LogP contribution in [0.15, 0.2) is 0 Å². The maximum atomic E-state index is 13.0. The molecule has 648 valence electrons. The van der Waals surface area contributed by atoms with E-state index in [0.717, 1.165) is 141 Å². The van der Waals surface area contributed by atoms with Crippen molar-refractivity contribution in [1.29, 1.82) is 0 Å². The van der Waals surface area contributed by atoms with Crippen molar-refractivity contribution in [1.82, 2.24) is 10.6 Å². The molecule has 22 nitrogen and oxygen atoms in total. The third-order valence-corrected chi connectivity index (χ3v) is 21.8. The summed E-state index contributed by atoms with van der Waals surface area (Å²) in [7, 11) is -9.99. The number of unbranched alkanes of at least 4 members (excludes halogenated alkanes) is 44. The van der Waals surface area contributed by atoms with Gasteiger partial charge in [0.25, 0.3) is 15.6 Å². The third kappa shape index (κ3) is 76.9. The van der Waals surface area contributed by atoms with Crippen LogP contribution in [0.2, 0.25) is 0 Å². The number of nitrogens with one attached hydrogen (secondary N) is 2. The maximum Gasteiger partial charge on any atom is 0.306 e. The van der Waals surface area contributed by atoms with Gasteiger partial charge in [-0.2, -0.15) is 0 Å². The quantitative estimate of drug-likeness (QED) is 0.0145. The SMILES string of the molecule is CCCCCCCCCCCCCC(O)OC(COCCC(CCCCCCC)OC(=O)CCCCCCCCCCC)COP(=O)([O-])OCCNC(=O)CC(=O)NCCOP(=O)([O-])OCC(COCCC(CCCCCCC)OC(=O)CCCCCCCCCCC)OC(O)CCCCCCCCCCCCC. The number of carbonyl (C=O) groups excluding carboxylic acids is 4. The lowest BCUT2D eigenvalue weighted by Gasteiger charge is -2.27. The Bertz CT molecular complexity index is 1980. The van der Waals surface area contributed by atoms with Crippen molar-refractivity contribution in [2.24, 2.45) is 0 Å². The summed E-state index contributed by atoms with van der Waals surface area (Å²) in [6, 6.07) is 0. The summed E-state index contributed by atoms with van der Waals surface area (Å²) in [6.45, 7) is 10.6. The summed E-state index contributed by atoms with van der Waals surface area (Å²) in [5.41, 5.74) is 0. The molecule has 0 rings (SSSR count). The average Bonchev–Trinajstić information content (AvgIpc) is 0.927. The van der Waals surface area contributed by atoms with E-state index in [1.54, 1.807) is 0 Å². The highest BCUT2D eigenvalue weighted by atomic mass is 31.2. The molecule has 0 aromatic rings. The van der Waals surface area contributed by atoms with E-state index in [-0.39, 0.29) is 63.7 Å². The molecule has 0 aliphatic carbocycles. The van der Waals surface area contributed by atoms with E-state index >= 15 is 0 Å². The van der Waals surface area contributed by atoms with Gasteiger partial charge in [-0.05, 0) is 64.2 Å². The maximum absolute atomic E-state index is 13.0. The normalized spacial score (nSPS) is 14.6. The number of ether oxygens (including phenoxy) is 6. The Morgan fingerprint density at radius 2 is 0.550 bits per heavy atom. The van der Waals surface area contributed by atoms with Gasteiger partial charge in [-0.1, -0.05) is 324 Å². The van der Waals surface area contributed by atoms with Gasteiger partial charge in [0.05, 0.1) is 52.9 Å². The van der Waals surface area contributed by atoms with Gasteiger partial charge >= 0.3 is 11.9 Å². The Morgan fingerprint density at radius 1 is 0.303 bits per heavy atom. The molecule has 0 aromatic carbocycles. The zero-order valence-electron chi connectivity index (χ0n) is 70.4. The second-order valence-electron chi connectivity index (χ2n) is 30.6. The van der Waals surface area contributed by atoms with Gasteiger partial charge in [-0.15, -0.1) is 0 Å². The number of phosphoric acid groups is 2. The highest BCUT2D eigenvalue weighted by Gasteiger charge is 2.24. The minimum Gasteiger partial charge on any atom is -0.756 e. The molecule has 24 heteroatoms. The molecule has 0 aromatic heterocycles. The monoisotopic (exact) mass is 1600 g/mol. The average molecular weight is 1600 g/mol. The lowest BCUT2D eigenvalue weighted by molar-refractivity contribution is -0.233. The Labute approximate surface area is 665 Å². The Morgan fingerprint density at radius 3 is 0.826 bits per heavy atom. The molecule has 0 bridgehead atoms. The van der Waals surface area contributed by atoms with Crippen molar-refractivity contribution >= 4 is 39.4 Å². The van der Waals surface area contributed by atoms with Gasteiger partial charge in [-0.25, -0.2) is 0 Å². The van der Waals surface area contributed by atoms with Crippen molar-refractivity contribution in [3.05, 3.63) is 0 Å². The zero-order valence-corrected chi connectivity index (χ0v) is 72.2. The van der Waals surface area contributed by atoms with Crippen molar-refractivity contribution in [2.75, 3.05) is 65.9 Å². The summed E-state index contributed by atoms with van der Waals surface area (Å²) in [5.74, 6) is -1.96. The molecule has 0 spiro atoms. The lowest BCUT2D eigenvalue weighted by atomic mass is 10.1. The second kappa shape index (κ2) is 79.7. The largest absolute Gasteiger partial charge is 0.756 e. The fourth-order valence-corrected chi connectivity index (χ4v) is 14.7. The first-order chi connectivity index (χ1) is 52.9. The minimum atomic E-state index is -5.00. The van der Waals surface area contributed by atoms with Crippen LogP contribution in [0.25, 0.3) is 0 Å². The number of esters is 2. The molecule has 0 saturated heterocycles. The zero-order chi connectivity index (χ0) is 80.0. The van der Waals surface area contributed by atoms with Crippen molar-refractivity contribution < 1.29 is 94.8 Å². The first-order valence-corrected chi connectivity index (χ1v) is 47.8. The number of aliphatic hydroxyl groups excluding tert-OH is 2. The summed E-state index contributed by atoms with van der Waals surface area (Å²) in [4.78, 5) is 77.6. The van der Waals surface area contributed by atoms with Gasteiger partial charge in [0.15, 0.2) is 12.6 Å². The van der Waals surface area contributed by atoms with E-state index in [4.69, 9.17) is 46.5 Å². The lowest BCUT2D eigenvalue weighted by Crippen LogP contribution is -2.35. The van der Waals surface area contributed by atoms with Crippen molar-refractivity contribution in [3.8, 4) is 0 Å². The van der Waals surface area contributed by atoms with Gasteiger partial charge in [-0.3, -0.25) is 28.3 Å². The topological polar surface area (TPSA) is 305 Å². The Hall–Kier alpha value is -2.14. The minimum absolute atomic E-state index is 0.126. The molecule has 0 fully saturated rings. The molecule has 109 heavy (non-hydrogen) atoms. The highest BCUT2D eigenvalue weighted by molar-refractivity contribution is 7.46. The molecule has 0 radical (unpaired) electrons. The molecule has 8 atom stereocenters. The fraction of sp³-hybridized carbons (Fsp3) is 0.953. The number of hydrogen-bond acceptors (Lipinski definition) is 20. The smallest absolute Gasteiger partial charge is 0.306 e. The van der Waals surface area contributed by atoms with Crippen molar-refractivity contribution in [3.63, 3.8) is 0 Å². The van der Waals surface area contributed by atoms with Crippen molar-refractivity contribution in [2.45, 2.75) is 457 Å². The molecule has 8 unspecified atom stereocenters. The van der Waals surface area contributed by atoms with E-state index < -0.39 is 85.1 Å². The van der Waals surface area contributed by atoms with Crippen LogP contribution in [0.3, 0.4) is 0 Å². The molecule has 0 heterocycles. The highest BCUT2D eigenvalue weighted by Crippen LogP contribution is 2.39. The third-order valence-electron chi connectivity index (χ3n) is 19.9. The number of aliphatic hydroxyl groups is 2. The van der Waals surface area contributed by atoms with Gasteiger partial charge in [0.2, 0.25) is 11.8 Å². The van der Waals surface area contributed by atoms with Crippen LogP contribution in [0.1, 0.15) is 420 Å². The van der Waals surface area contributed by atoms with Crippen LogP contribution in [0.5, 0.6) is 0 Å².